The van der Waals surface area contributed by atoms with Gasteiger partial charge in [0.1, 0.15) is 9.96 Å². The number of nitrogens with zero attached hydrogens (tertiary/aromatic N) is 2. The van der Waals surface area contributed by atoms with E-state index in [1.54, 1.807) is 19.4 Å². The van der Waals surface area contributed by atoms with Gasteiger partial charge in [0.2, 0.25) is 0 Å². The maximum atomic E-state index is 12.8. The van der Waals surface area contributed by atoms with Crippen LogP contribution in [-0.2, 0) is 16.6 Å². The highest BCUT2D eigenvalue weighted by Crippen LogP contribution is 2.28. The Balaban J connectivity index is 1.83. The van der Waals surface area contributed by atoms with Gasteiger partial charge in [-0.2, -0.15) is 5.10 Å². The van der Waals surface area contributed by atoms with Crippen molar-refractivity contribution in [2.24, 2.45) is 0 Å². The van der Waals surface area contributed by atoms with Crippen LogP contribution < -0.4 is 9.46 Å². The van der Waals surface area contributed by atoms with Crippen molar-refractivity contribution in [1.29, 1.82) is 0 Å². The third-order valence-corrected chi connectivity index (χ3v) is 7.48. The van der Waals surface area contributed by atoms with Gasteiger partial charge in [-0.05, 0) is 42.3 Å². The van der Waals surface area contributed by atoms with E-state index in [1.807, 2.05) is 41.9 Å². The van der Waals surface area contributed by atoms with E-state index in [2.05, 4.69) is 9.82 Å². The summed E-state index contributed by atoms with van der Waals surface area (Å²) in [6.07, 6.45) is 3.18. The molecule has 3 aromatic rings. The van der Waals surface area contributed by atoms with Crippen LogP contribution in [-0.4, -0.2) is 25.3 Å². The molecule has 2 heterocycles. The normalized spacial score (nSPS) is 12.8. The monoisotopic (exact) mass is 439 g/mol. The summed E-state index contributed by atoms with van der Waals surface area (Å²) in [5.74, 6) is 0.788. The quantitative estimate of drug-likeness (QED) is 0.533. The van der Waals surface area contributed by atoms with Crippen LogP contribution in [0, 0.1) is 0 Å². The largest absolute Gasteiger partial charge is 0.497 e. The lowest BCUT2D eigenvalue weighted by molar-refractivity contribution is 0.414. The van der Waals surface area contributed by atoms with Crippen LogP contribution in [0.3, 0.4) is 0 Å². The summed E-state index contributed by atoms with van der Waals surface area (Å²) in [5, 5.41) is 4.40. The van der Waals surface area contributed by atoms with E-state index >= 15 is 0 Å². The molecule has 0 amide bonds. The first kappa shape index (κ1) is 20.9. The molecule has 1 atom stereocenters. The molecule has 6 nitrogen and oxygen atoms in total. The average molecular weight is 440 g/mol. The highest BCUT2D eigenvalue weighted by atomic mass is 35.5. The standard InChI is InChI=1S/C19H22ClN3O3S2/c1-3-4-16(22-28(24,25)19-10-9-18(20)27-19)17-11-12-21-23(17)13-14-5-7-15(26-2)8-6-14/h5-12,16,22H,3-4,13H2,1-2H3. The molecule has 150 valence electrons. The fraction of sp³-hybridized carbons (Fsp3) is 0.316. The first-order chi connectivity index (χ1) is 13.4. The van der Waals surface area contributed by atoms with Gasteiger partial charge in [-0.1, -0.05) is 37.1 Å². The summed E-state index contributed by atoms with van der Waals surface area (Å²) in [5.41, 5.74) is 1.87. The minimum absolute atomic E-state index is 0.208. The molecule has 2 aromatic heterocycles. The highest BCUT2D eigenvalue weighted by molar-refractivity contribution is 7.91. The zero-order valence-corrected chi connectivity index (χ0v) is 18.0. The lowest BCUT2D eigenvalue weighted by Gasteiger charge is -2.19. The first-order valence-corrected chi connectivity index (χ1v) is 11.5. The van der Waals surface area contributed by atoms with Crippen LogP contribution in [0.4, 0.5) is 0 Å². The maximum absolute atomic E-state index is 12.8. The summed E-state index contributed by atoms with van der Waals surface area (Å²) >= 11 is 6.95. The molecule has 3 rings (SSSR count). The van der Waals surface area contributed by atoms with Gasteiger partial charge in [0.25, 0.3) is 10.0 Å². The second kappa shape index (κ2) is 9.09. The van der Waals surface area contributed by atoms with Gasteiger partial charge in [-0.25, -0.2) is 13.1 Å². The smallest absolute Gasteiger partial charge is 0.250 e. The molecule has 28 heavy (non-hydrogen) atoms. The second-order valence-electron chi connectivity index (χ2n) is 6.28. The number of nitrogens with one attached hydrogen (secondary N) is 1. The number of rotatable bonds is 9. The van der Waals surface area contributed by atoms with Crippen LogP contribution >= 0.6 is 22.9 Å². The van der Waals surface area contributed by atoms with E-state index in [1.165, 1.54) is 6.07 Å². The first-order valence-electron chi connectivity index (χ1n) is 8.85. The number of aromatic nitrogens is 2. The van der Waals surface area contributed by atoms with E-state index in [4.69, 9.17) is 16.3 Å². The number of hydrogen-bond acceptors (Lipinski definition) is 5. The number of halogens is 1. The van der Waals surface area contributed by atoms with Gasteiger partial charge >= 0.3 is 0 Å². The second-order valence-corrected chi connectivity index (χ2v) is 9.94. The third-order valence-electron chi connectivity index (χ3n) is 4.29. The summed E-state index contributed by atoms with van der Waals surface area (Å²) in [4.78, 5) is 0. The van der Waals surface area contributed by atoms with Crippen molar-refractivity contribution in [1.82, 2.24) is 14.5 Å². The van der Waals surface area contributed by atoms with Crippen LogP contribution in [0.2, 0.25) is 4.34 Å². The number of benzene rings is 1. The average Bonchev–Trinajstić information content (AvgIpc) is 3.31. The number of hydrogen-bond donors (Lipinski definition) is 1. The molecule has 0 aliphatic heterocycles. The molecule has 0 fully saturated rings. The van der Waals surface area contributed by atoms with Crippen LogP contribution in [0.1, 0.15) is 37.1 Å². The van der Waals surface area contributed by atoms with Crippen molar-refractivity contribution < 1.29 is 13.2 Å². The number of sulfonamides is 1. The lowest BCUT2D eigenvalue weighted by atomic mass is 10.1. The Labute approximate surface area is 174 Å². The van der Waals surface area contributed by atoms with Crippen LogP contribution in [0.15, 0.2) is 52.9 Å². The highest BCUT2D eigenvalue weighted by Gasteiger charge is 2.24. The van der Waals surface area contributed by atoms with E-state index < -0.39 is 10.0 Å². The van der Waals surface area contributed by atoms with Crippen molar-refractivity contribution in [2.75, 3.05) is 7.11 Å². The molecule has 1 aromatic carbocycles. The molecule has 0 aliphatic carbocycles. The molecule has 1 N–H and O–H groups in total. The Morgan fingerprint density at radius 2 is 1.96 bits per heavy atom. The summed E-state index contributed by atoms with van der Waals surface area (Å²) < 4.78 is 36.0. The maximum Gasteiger partial charge on any atom is 0.250 e. The van der Waals surface area contributed by atoms with Gasteiger partial charge in [-0.3, -0.25) is 4.68 Å². The molecule has 0 radical (unpaired) electrons. The van der Waals surface area contributed by atoms with Gasteiger partial charge < -0.3 is 4.74 Å². The Kier molecular flexibility index (Phi) is 6.77. The Morgan fingerprint density at radius 1 is 1.21 bits per heavy atom. The number of methoxy groups -OCH3 is 1. The predicted molar refractivity (Wildman–Crippen MR) is 112 cm³/mol. The van der Waals surface area contributed by atoms with E-state index in [-0.39, 0.29) is 10.3 Å². The molecule has 0 bridgehead atoms. The van der Waals surface area contributed by atoms with Crippen LogP contribution in [0.5, 0.6) is 5.75 Å². The van der Waals surface area contributed by atoms with Crippen molar-refractivity contribution in [3.63, 3.8) is 0 Å². The van der Waals surface area contributed by atoms with Gasteiger partial charge in [0.05, 0.1) is 29.7 Å². The Hall–Kier alpha value is -1.87. The predicted octanol–water partition coefficient (Wildman–Crippen LogP) is 4.47. The number of thiophene rings is 1. The molecular formula is C19H22ClN3O3S2. The van der Waals surface area contributed by atoms with Crippen molar-refractivity contribution in [3.8, 4) is 5.75 Å². The van der Waals surface area contributed by atoms with E-state index in [0.717, 1.165) is 34.8 Å². The molecule has 0 aliphatic rings. The zero-order chi connectivity index (χ0) is 20.1. The topological polar surface area (TPSA) is 73.2 Å². The van der Waals surface area contributed by atoms with Gasteiger partial charge in [-0.15, -0.1) is 11.3 Å². The van der Waals surface area contributed by atoms with Gasteiger partial charge in [0, 0.05) is 6.20 Å². The third kappa shape index (κ3) is 4.94. The van der Waals surface area contributed by atoms with E-state index in [9.17, 15) is 8.42 Å². The lowest BCUT2D eigenvalue weighted by Crippen LogP contribution is -2.30. The molecule has 0 saturated heterocycles. The fourth-order valence-corrected chi connectivity index (χ4v) is 5.66. The van der Waals surface area contributed by atoms with Gasteiger partial charge in [0.15, 0.2) is 0 Å². The van der Waals surface area contributed by atoms with Crippen molar-refractivity contribution in [2.45, 2.75) is 36.6 Å². The minimum atomic E-state index is -3.66. The Bertz CT molecular complexity index is 1010. The minimum Gasteiger partial charge on any atom is -0.497 e. The molecule has 0 spiro atoms. The molecule has 1 unspecified atom stereocenters. The summed E-state index contributed by atoms with van der Waals surface area (Å²) in [7, 11) is -2.03. The molecule has 0 saturated carbocycles. The van der Waals surface area contributed by atoms with E-state index in [0.29, 0.717) is 17.3 Å². The summed E-state index contributed by atoms with van der Waals surface area (Å²) in [6.45, 7) is 2.56. The SMILES string of the molecule is CCCC(NS(=O)(=O)c1ccc(Cl)s1)c1ccnn1Cc1ccc(OC)cc1. The number of ether oxygens (including phenoxy) is 1. The molecule has 9 heteroatoms. The summed E-state index contributed by atoms with van der Waals surface area (Å²) in [6, 6.07) is 12.3. The van der Waals surface area contributed by atoms with Crippen molar-refractivity contribution in [3.05, 3.63) is 64.3 Å². The molecular weight excluding hydrogens is 418 g/mol. The fourth-order valence-electron chi connectivity index (χ4n) is 2.92. The Morgan fingerprint density at radius 3 is 2.57 bits per heavy atom. The zero-order valence-electron chi connectivity index (χ0n) is 15.6. The van der Waals surface area contributed by atoms with Crippen LogP contribution in [0.25, 0.3) is 0 Å². The van der Waals surface area contributed by atoms with Crippen molar-refractivity contribution >= 4 is 33.0 Å².